The number of carbonyl (C=O) groups excluding carboxylic acids is 1. The molecule has 0 aliphatic carbocycles. The molecule has 2 aromatic heterocycles. The molecule has 7 nitrogen and oxygen atoms in total. The zero-order chi connectivity index (χ0) is 21.1. The molecule has 4 rings (SSSR count). The number of anilines is 1. The molecule has 1 fully saturated rings. The number of aromatic nitrogens is 2. The third-order valence-corrected chi connectivity index (χ3v) is 5.74. The highest BCUT2D eigenvalue weighted by atomic mass is 35.5. The predicted molar refractivity (Wildman–Crippen MR) is 115 cm³/mol. The van der Waals surface area contributed by atoms with Gasteiger partial charge < -0.3 is 14.6 Å². The summed E-state index contributed by atoms with van der Waals surface area (Å²) in [7, 11) is 0. The Morgan fingerprint density at radius 3 is 2.63 bits per heavy atom. The Labute approximate surface area is 179 Å². The first-order chi connectivity index (χ1) is 14.5. The van der Waals surface area contributed by atoms with Crippen molar-refractivity contribution >= 4 is 23.2 Å². The lowest BCUT2D eigenvalue weighted by molar-refractivity contribution is 0.0902. The lowest BCUT2D eigenvalue weighted by atomic mass is 10.0. The topological polar surface area (TPSA) is 80.4 Å². The van der Waals surface area contributed by atoms with Gasteiger partial charge in [0, 0.05) is 24.7 Å². The van der Waals surface area contributed by atoms with E-state index in [1.54, 1.807) is 12.3 Å². The Morgan fingerprint density at radius 1 is 1.23 bits per heavy atom. The van der Waals surface area contributed by atoms with Gasteiger partial charge in [-0.1, -0.05) is 41.9 Å². The summed E-state index contributed by atoms with van der Waals surface area (Å²) in [6.45, 7) is 3.56. The first kappa shape index (κ1) is 20.2. The number of piperidine rings is 1. The average Bonchev–Trinajstić information content (AvgIpc) is 3.19. The SMILES string of the molecule is Cc1ccoc1C(=O)NC1CCN(c2cnn(Cc3ccccc3)c(=O)c2Cl)CC1. The van der Waals surface area contributed by atoms with Crippen molar-refractivity contribution in [1.29, 1.82) is 0 Å². The number of halogens is 1. The zero-order valence-electron chi connectivity index (χ0n) is 16.7. The van der Waals surface area contributed by atoms with Crippen LogP contribution in [0.3, 0.4) is 0 Å². The molecule has 1 aliphatic rings. The summed E-state index contributed by atoms with van der Waals surface area (Å²) in [4.78, 5) is 27.1. The second kappa shape index (κ2) is 8.75. The molecule has 1 aliphatic heterocycles. The van der Waals surface area contributed by atoms with Gasteiger partial charge in [-0.3, -0.25) is 9.59 Å². The van der Waals surface area contributed by atoms with E-state index in [0.717, 1.165) is 24.0 Å². The third kappa shape index (κ3) is 4.26. The Kier molecular flexibility index (Phi) is 5.90. The largest absolute Gasteiger partial charge is 0.459 e. The van der Waals surface area contributed by atoms with E-state index in [2.05, 4.69) is 10.4 Å². The van der Waals surface area contributed by atoms with E-state index >= 15 is 0 Å². The normalized spacial score (nSPS) is 14.7. The molecule has 0 radical (unpaired) electrons. The highest BCUT2D eigenvalue weighted by Crippen LogP contribution is 2.25. The average molecular weight is 427 g/mol. The van der Waals surface area contributed by atoms with Gasteiger partial charge in [-0.05, 0) is 31.4 Å². The Bertz CT molecular complexity index is 1090. The van der Waals surface area contributed by atoms with Gasteiger partial charge in [-0.15, -0.1) is 0 Å². The molecule has 0 spiro atoms. The third-order valence-electron chi connectivity index (χ3n) is 5.38. The van der Waals surface area contributed by atoms with Crippen LogP contribution in [0, 0.1) is 6.92 Å². The lowest BCUT2D eigenvalue weighted by Crippen LogP contribution is -2.45. The molecule has 0 atom stereocenters. The number of rotatable bonds is 5. The number of furan rings is 1. The van der Waals surface area contributed by atoms with E-state index < -0.39 is 0 Å². The molecule has 3 heterocycles. The molecule has 156 valence electrons. The van der Waals surface area contributed by atoms with E-state index in [0.29, 0.717) is 31.1 Å². The van der Waals surface area contributed by atoms with Crippen molar-refractivity contribution in [3.05, 3.63) is 81.1 Å². The van der Waals surface area contributed by atoms with E-state index in [4.69, 9.17) is 16.0 Å². The van der Waals surface area contributed by atoms with Crippen molar-refractivity contribution in [2.75, 3.05) is 18.0 Å². The number of amides is 1. The van der Waals surface area contributed by atoms with E-state index in [9.17, 15) is 9.59 Å². The van der Waals surface area contributed by atoms with Crippen LogP contribution in [-0.2, 0) is 6.54 Å². The number of hydrogen-bond donors (Lipinski definition) is 1. The number of hydrogen-bond acceptors (Lipinski definition) is 5. The van der Waals surface area contributed by atoms with Gasteiger partial charge in [0.2, 0.25) is 0 Å². The number of benzene rings is 1. The van der Waals surface area contributed by atoms with Crippen LogP contribution >= 0.6 is 11.6 Å². The maximum absolute atomic E-state index is 12.7. The van der Waals surface area contributed by atoms with Crippen molar-refractivity contribution in [2.45, 2.75) is 32.4 Å². The molecular weight excluding hydrogens is 404 g/mol. The second-order valence-electron chi connectivity index (χ2n) is 7.46. The highest BCUT2D eigenvalue weighted by Gasteiger charge is 2.25. The Hall–Kier alpha value is -3.06. The number of carbonyl (C=O) groups is 1. The fourth-order valence-electron chi connectivity index (χ4n) is 3.67. The summed E-state index contributed by atoms with van der Waals surface area (Å²) in [5, 5.41) is 7.51. The summed E-state index contributed by atoms with van der Waals surface area (Å²) >= 11 is 6.41. The van der Waals surface area contributed by atoms with E-state index in [1.165, 1.54) is 10.9 Å². The molecule has 8 heteroatoms. The van der Waals surface area contributed by atoms with Gasteiger partial charge >= 0.3 is 0 Å². The summed E-state index contributed by atoms with van der Waals surface area (Å²) < 4.78 is 6.63. The molecule has 30 heavy (non-hydrogen) atoms. The summed E-state index contributed by atoms with van der Waals surface area (Å²) in [6.07, 6.45) is 4.66. The van der Waals surface area contributed by atoms with Crippen LogP contribution < -0.4 is 15.8 Å². The molecule has 1 amide bonds. The molecule has 1 N–H and O–H groups in total. The smallest absolute Gasteiger partial charge is 0.287 e. The summed E-state index contributed by atoms with van der Waals surface area (Å²) in [5.41, 5.74) is 2.14. The van der Waals surface area contributed by atoms with Gasteiger partial charge in [-0.2, -0.15) is 5.10 Å². The summed E-state index contributed by atoms with van der Waals surface area (Å²) in [6, 6.07) is 11.5. The van der Waals surface area contributed by atoms with E-state index in [1.807, 2.05) is 42.2 Å². The molecule has 0 saturated carbocycles. The first-order valence-corrected chi connectivity index (χ1v) is 10.3. The minimum atomic E-state index is -0.304. The standard InChI is InChI=1S/C22H23ClN4O3/c1-15-9-12-30-20(15)21(28)25-17-7-10-26(11-8-17)18-13-24-27(22(29)19(18)23)14-16-5-3-2-4-6-16/h2-6,9,12-13,17H,7-8,10-11,14H2,1H3,(H,25,28). The molecule has 0 bridgehead atoms. The van der Waals surface area contributed by atoms with Crippen molar-refractivity contribution < 1.29 is 9.21 Å². The van der Waals surface area contributed by atoms with Gasteiger partial charge in [0.15, 0.2) is 5.76 Å². The van der Waals surface area contributed by atoms with Crippen LogP contribution in [0.4, 0.5) is 5.69 Å². The Balaban J connectivity index is 1.40. The zero-order valence-corrected chi connectivity index (χ0v) is 17.4. The predicted octanol–water partition coefficient (Wildman–Crippen LogP) is 3.25. The molecule has 0 unspecified atom stereocenters. The summed E-state index contributed by atoms with van der Waals surface area (Å²) in [5.74, 6) is 0.158. The van der Waals surface area contributed by atoms with Crippen LogP contribution in [0.15, 0.2) is 58.1 Å². The first-order valence-electron chi connectivity index (χ1n) is 9.92. The molecule has 1 aromatic carbocycles. The van der Waals surface area contributed by atoms with Crippen molar-refractivity contribution in [3.63, 3.8) is 0 Å². The van der Waals surface area contributed by atoms with Crippen LogP contribution in [0.1, 0.15) is 34.5 Å². The maximum Gasteiger partial charge on any atom is 0.287 e. The molecular formula is C22H23ClN4O3. The van der Waals surface area contributed by atoms with Gasteiger partial charge in [0.1, 0.15) is 5.02 Å². The lowest BCUT2D eigenvalue weighted by Gasteiger charge is -2.34. The maximum atomic E-state index is 12.7. The fraction of sp³-hybridized carbons (Fsp3) is 0.318. The molecule has 3 aromatic rings. The van der Waals surface area contributed by atoms with Gasteiger partial charge in [-0.25, -0.2) is 4.68 Å². The van der Waals surface area contributed by atoms with Crippen molar-refractivity contribution in [3.8, 4) is 0 Å². The number of nitrogens with zero attached hydrogens (tertiary/aromatic N) is 3. The van der Waals surface area contributed by atoms with Gasteiger partial charge in [0.05, 0.1) is 24.7 Å². The highest BCUT2D eigenvalue weighted by molar-refractivity contribution is 6.33. The minimum Gasteiger partial charge on any atom is -0.459 e. The monoisotopic (exact) mass is 426 g/mol. The fourth-order valence-corrected chi connectivity index (χ4v) is 3.93. The van der Waals surface area contributed by atoms with Crippen LogP contribution in [0.25, 0.3) is 0 Å². The minimum absolute atomic E-state index is 0.0448. The van der Waals surface area contributed by atoms with E-state index in [-0.39, 0.29) is 22.5 Å². The second-order valence-corrected chi connectivity index (χ2v) is 7.84. The Morgan fingerprint density at radius 2 is 1.97 bits per heavy atom. The number of nitrogens with one attached hydrogen (secondary N) is 1. The quantitative estimate of drug-likeness (QED) is 0.677. The van der Waals surface area contributed by atoms with Crippen LogP contribution in [0.5, 0.6) is 0 Å². The van der Waals surface area contributed by atoms with Crippen molar-refractivity contribution in [2.24, 2.45) is 0 Å². The number of aryl methyl sites for hydroxylation is 1. The van der Waals surface area contributed by atoms with Crippen molar-refractivity contribution in [1.82, 2.24) is 15.1 Å². The molecule has 1 saturated heterocycles. The van der Waals surface area contributed by atoms with Gasteiger partial charge in [0.25, 0.3) is 11.5 Å². The van der Waals surface area contributed by atoms with Crippen LogP contribution in [0.2, 0.25) is 5.02 Å². The van der Waals surface area contributed by atoms with Crippen LogP contribution in [-0.4, -0.2) is 34.8 Å².